The van der Waals surface area contributed by atoms with Gasteiger partial charge in [-0.3, -0.25) is 0 Å². The molecule has 1 saturated heterocycles. The normalized spacial score (nSPS) is 25.4. The second kappa shape index (κ2) is 8.18. The molecule has 0 radical (unpaired) electrons. The topological polar surface area (TPSA) is 79.2 Å². The summed E-state index contributed by atoms with van der Waals surface area (Å²) in [7, 11) is 0. The van der Waals surface area contributed by atoms with Crippen LogP contribution in [0.25, 0.3) is 0 Å². The van der Waals surface area contributed by atoms with Gasteiger partial charge in [0.25, 0.3) is 0 Å². The number of ether oxygens (including phenoxy) is 2. The molecule has 3 N–H and O–H groups in total. The minimum absolute atomic E-state index is 0.320. The van der Waals surface area contributed by atoms with Crippen molar-refractivity contribution in [1.29, 1.82) is 0 Å². The number of hydrogen-bond acceptors (Lipinski definition) is 5. The van der Waals surface area contributed by atoms with E-state index >= 15 is 0 Å². The number of rotatable bonds is 6. The van der Waals surface area contributed by atoms with Crippen molar-refractivity contribution in [3.05, 3.63) is 64.7 Å². The van der Waals surface area contributed by atoms with E-state index in [4.69, 9.17) is 9.47 Å². The number of aliphatic hydroxyl groups excluding tert-OH is 3. The highest BCUT2D eigenvalue weighted by Gasteiger charge is 2.42. The van der Waals surface area contributed by atoms with Crippen molar-refractivity contribution in [2.45, 2.75) is 44.7 Å². The van der Waals surface area contributed by atoms with Crippen LogP contribution in [0.2, 0.25) is 0 Å². The Morgan fingerprint density at radius 1 is 1.04 bits per heavy atom. The van der Waals surface area contributed by atoms with Crippen LogP contribution in [0, 0.1) is 6.92 Å². The Labute approximate surface area is 153 Å². The summed E-state index contributed by atoms with van der Waals surface area (Å²) in [6.45, 7) is 4.33. The van der Waals surface area contributed by atoms with E-state index in [9.17, 15) is 15.3 Å². The molecule has 5 nitrogen and oxygen atoms in total. The van der Waals surface area contributed by atoms with E-state index in [-0.39, 0.29) is 6.61 Å². The Kier molecular flexibility index (Phi) is 5.94. The van der Waals surface area contributed by atoms with E-state index in [0.717, 1.165) is 34.4 Å². The molecule has 5 heteroatoms. The van der Waals surface area contributed by atoms with Gasteiger partial charge in [0.05, 0.1) is 13.2 Å². The summed E-state index contributed by atoms with van der Waals surface area (Å²) in [5.41, 5.74) is 4.24. The van der Waals surface area contributed by atoms with Gasteiger partial charge in [-0.05, 0) is 54.7 Å². The number of aliphatic hydroxyl groups is 3. The first-order valence-electron chi connectivity index (χ1n) is 8.97. The minimum atomic E-state index is -1.08. The Morgan fingerprint density at radius 2 is 1.77 bits per heavy atom. The molecule has 1 fully saturated rings. The first-order chi connectivity index (χ1) is 12.5. The standard InChI is InChI=1S/C21H26O5/c1-3-25-17-8-5-14(6-9-17)10-16-11-15(7-4-13(16)2)21-20(24)19(23)18(12-22)26-21/h4-9,11,18-24H,3,10,12H2,1-2H3/t18-,19-,20+,21-/m0/s1. The molecule has 26 heavy (non-hydrogen) atoms. The quantitative estimate of drug-likeness (QED) is 0.737. The molecule has 1 heterocycles. The zero-order chi connectivity index (χ0) is 18.7. The molecule has 2 aromatic carbocycles. The third-order valence-corrected chi connectivity index (χ3v) is 4.87. The average molecular weight is 358 g/mol. The van der Waals surface area contributed by atoms with Crippen LogP contribution in [0.15, 0.2) is 42.5 Å². The maximum atomic E-state index is 10.2. The van der Waals surface area contributed by atoms with E-state index in [0.29, 0.717) is 6.61 Å². The zero-order valence-electron chi connectivity index (χ0n) is 15.1. The summed E-state index contributed by atoms with van der Waals surface area (Å²) in [4.78, 5) is 0. The number of hydrogen-bond donors (Lipinski definition) is 3. The predicted octanol–water partition coefficient (Wildman–Crippen LogP) is 2.14. The molecule has 0 aromatic heterocycles. The van der Waals surface area contributed by atoms with Crippen molar-refractivity contribution in [2.24, 2.45) is 0 Å². The molecule has 0 saturated carbocycles. The van der Waals surface area contributed by atoms with Gasteiger partial charge in [0, 0.05) is 0 Å². The van der Waals surface area contributed by atoms with Gasteiger partial charge in [-0.15, -0.1) is 0 Å². The zero-order valence-corrected chi connectivity index (χ0v) is 15.1. The molecule has 1 aliphatic heterocycles. The molecule has 4 atom stereocenters. The molecule has 140 valence electrons. The van der Waals surface area contributed by atoms with E-state index < -0.39 is 24.4 Å². The van der Waals surface area contributed by atoms with E-state index in [2.05, 4.69) is 0 Å². The molecule has 0 amide bonds. The van der Waals surface area contributed by atoms with E-state index in [1.807, 2.05) is 56.3 Å². The van der Waals surface area contributed by atoms with Crippen LogP contribution in [0.1, 0.15) is 35.3 Å². The highest BCUT2D eigenvalue weighted by Crippen LogP contribution is 2.34. The van der Waals surface area contributed by atoms with Crippen molar-refractivity contribution in [2.75, 3.05) is 13.2 Å². The lowest BCUT2D eigenvalue weighted by molar-refractivity contribution is -0.0227. The summed E-state index contributed by atoms with van der Waals surface area (Å²) in [5.74, 6) is 0.855. The van der Waals surface area contributed by atoms with Crippen LogP contribution >= 0.6 is 0 Å². The van der Waals surface area contributed by atoms with Gasteiger partial charge in [-0.2, -0.15) is 0 Å². The fraction of sp³-hybridized carbons (Fsp3) is 0.429. The Morgan fingerprint density at radius 3 is 2.38 bits per heavy atom. The maximum absolute atomic E-state index is 10.2. The summed E-state index contributed by atoms with van der Waals surface area (Å²) >= 11 is 0. The molecule has 0 bridgehead atoms. The lowest BCUT2D eigenvalue weighted by atomic mass is 9.94. The molecule has 0 aliphatic carbocycles. The first kappa shape index (κ1) is 18.9. The lowest BCUT2D eigenvalue weighted by Crippen LogP contribution is -2.32. The van der Waals surface area contributed by atoms with Crippen LogP contribution in [-0.4, -0.2) is 46.8 Å². The molecule has 2 aromatic rings. The van der Waals surface area contributed by atoms with Crippen LogP contribution in [-0.2, 0) is 11.2 Å². The number of aryl methyl sites for hydroxylation is 1. The second-order valence-electron chi connectivity index (χ2n) is 6.70. The predicted molar refractivity (Wildman–Crippen MR) is 98.3 cm³/mol. The number of benzene rings is 2. The van der Waals surface area contributed by atoms with Gasteiger partial charge in [0.1, 0.15) is 30.2 Å². The fourth-order valence-corrected chi connectivity index (χ4v) is 3.32. The van der Waals surface area contributed by atoms with Crippen molar-refractivity contribution >= 4 is 0 Å². The molecule has 0 spiro atoms. The Hall–Kier alpha value is -1.92. The van der Waals surface area contributed by atoms with Crippen molar-refractivity contribution in [3.8, 4) is 5.75 Å². The lowest BCUT2D eigenvalue weighted by Gasteiger charge is -2.17. The largest absolute Gasteiger partial charge is 0.494 e. The summed E-state index contributed by atoms with van der Waals surface area (Å²) in [5, 5.41) is 29.5. The average Bonchev–Trinajstić information content (AvgIpc) is 2.93. The SMILES string of the molecule is CCOc1ccc(Cc2cc([C@@H]3O[C@@H](CO)[C@H](O)[C@H]3O)ccc2C)cc1. The smallest absolute Gasteiger partial charge is 0.119 e. The van der Waals surface area contributed by atoms with Crippen molar-refractivity contribution < 1.29 is 24.8 Å². The van der Waals surface area contributed by atoms with Crippen LogP contribution in [0.5, 0.6) is 5.75 Å². The van der Waals surface area contributed by atoms with E-state index in [1.165, 1.54) is 0 Å². The monoisotopic (exact) mass is 358 g/mol. The third-order valence-electron chi connectivity index (χ3n) is 4.87. The van der Waals surface area contributed by atoms with Crippen LogP contribution in [0.3, 0.4) is 0 Å². The minimum Gasteiger partial charge on any atom is -0.494 e. The molecular weight excluding hydrogens is 332 g/mol. The molecule has 3 rings (SSSR count). The first-order valence-corrected chi connectivity index (χ1v) is 8.97. The highest BCUT2D eigenvalue weighted by atomic mass is 16.6. The van der Waals surface area contributed by atoms with Crippen LogP contribution in [0.4, 0.5) is 0 Å². The van der Waals surface area contributed by atoms with Gasteiger partial charge in [-0.25, -0.2) is 0 Å². The summed E-state index contributed by atoms with van der Waals surface area (Å²) < 4.78 is 11.1. The Bertz CT molecular complexity index is 728. The van der Waals surface area contributed by atoms with Crippen molar-refractivity contribution in [1.82, 2.24) is 0 Å². The molecule has 1 aliphatic rings. The fourth-order valence-electron chi connectivity index (χ4n) is 3.32. The van der Waals surface area contributed by atoms with Crippen molar-refractivity contribution in [3.63, 3.8) is 0 Å². The maximum Gasteiger partial charge on any atom is 0.119 e. The third kappa shape index (κ3) is 3.91. The second-order valence-corrected chi connectivity index (χ2v) is 6.70. The van der Waals surface area contributed by atoms with Gasteiger partial charge >= 0.3 is 0 Å². The van der Waals surface area contributed by atoms with Gasteiger partial charge in [0.2, 0.25) is 0 Å². The van der Waals surface area contributed by atoms with Gasteiger partial charge in [0.15, 0.2) is 0 Å². The summed E-state index contributed by atoms with van der Waals surface area (Å²) in [6, 6.07) is 13.9. The molecule has 0 unspecified atom stereocenters. The van der Waals surface area contributed by atoms with Gasteiger partial charge in [-0.1, -0.05) is 30.3 Å². The summed E-state index contributed by atoms with van der Waals surface area (Å²) in [6.07, 6.45) is -2.78. The Balaban J connectivity index is 1.80. The van der Waals surface area contributed by atoms with Crippen LogP contribution < -0.4 is 4.74 Å². The highest BCUT2D eigenvalue weighted by molar-refractivity contribution is 5.38. The van der Waals surface area contributed by atoms with E-state index in [1.54, 1.807) is 0 Å². The van der Waals surface area contributed by atoms with Gasteiger partial charge < -0.3 is 24.8 Å². The molecular formula is C21H26O5.